The van der Waals surface area contributed by atoms with Gasteiger partial charge in [-0.25, -0.2) is 9.97 Å². The molecule has 3 aromatic rings. The zero-order valence-electron chi connectivity index (χ0n) is 13.7. The molecule has 0 fully saturated rings. The molecule has 0 spiro atoms. The third kappa shape index (κ3) is 4.94. The standard InChI is InChI=1S/C19H16Cl2N4O/c20-15-7-6-14(12-16(15)21)24-18(26)17-9-11-23-19(25-17)22-10-8-13-4-2-1-3-5-13/h1-7,9,11-12H,8,10H2,(H,24,26)(H,22,23,25). The second kappa shape index (κ2) is 8.65. The van der Waals surface area contributed by atoms with Crippen molar-refractivity contribution in [3.63, 3.8) is 0 Å². The van der Waals surface area contributed by atoms with Gasteiger partial charge in [0.2, 0.25) is 5.95 Å². The van der Waals surface area contributed by atoms with Crippen molar-refractivity contribution in [1.29, 1.82) is 0 Å². The number of carbonyl (C=O) groups excluding carboxylic acids is 1. The fraction of sp³-hybridized carbons (Fsp3) is 0.105. The third-order valence-electron chi connectivity index (χ3n) is 3.61. The van der Waals surface area contributed by atoms with Gasteiger partial charge in [-0.05, 0) is 36.2 Å². The average molecular weight is 387 g/mol. The molecule has 0 aliphatic carbocycles. The van der Waals surface area contributed by atoms with E-state index in [-0.39, 0.29) is 11.6 Å². The van der Waals surface area contributed by atoms with E-state index in [0.717, 1.165) is 6.42 Å². The van der Waals surface area contributed by atoms with Gasteiger partial charge < -0.3 is 10.6 Å². The Morgan fingerprint density at radius 3 is 2.58 bits per heavy atom. The van der Waals surface area contributed by atoms with Crippen molar-refractivity contribution in [3.8, 4) is 0 Å². The molecule has 0 saturated heterocycles. The van der Waals surface area contributed by atoms with Gasteiger partial charge in [0.15, 0.2) is 0 Å². The molecule has 0 unspecified atom stereocenters. The molecule has 5 nitrogen and oxygen atoms in total. The Kier molecular flexibility index (Phi) is 6.04. The smallest absolute Gasteiger partial charge is 0.274 e. The molecule has 0 aliphatic rings. The zero-order valence-corrected chi connectivity index (χ0v) is 15.3. The average Bonchev–Trinajstić information content (AvgIpc) is 2.66. The third-order valence-corrected chi connectivity index (χ3v) is 4.34. The maximum absolute atomic E-state index is 12.4. The Morgan fingerprint density at radius 2 is 1.81 bits per heavy atom. The van der Waals surface area contributed by atoms with Crippen LogP contribution in [0.2, 0.25) is 10.0 Å². The number of nitrogens with one attached hydrogen (secondary N) is 2. The monoisotopic (exact) mass is 386 g/mol. The highest BCUT2D eigenvalue weighted by Crippen LogP contribution is 2.25. The highest BCUT2D eigenvalue weighted by atomic mass is 35.5. The van der Waals surface area contributed by atoms with Gasteiger partial charge in [-0.3, -0.25) is 4.79 Å². The van der Waals surface area contributed by atoms with Gasteiger partial charge in [-0.15, -0.1) is 0 Å². The number of carbonyl (C=O) groups is 1. The minimum atomic E-state index is -0.350. The van der Waals surface area contributed by atoms with Gasteiger partial charge in [0.05, 0.1) is 10.0 Å². The Hall–Kier alpha value is -2.63. The van der Waals surface area contributed by atoms with E-state index in [1.54, 1.807) is 30.5 Å². The first-order valence-corrected chi connectivity index (χ1v) is 8.74. The molecule has 26 heavy (non-hydrogen) atoms. The lowest BCUT2D eigenvalue weighted by molar-refractivity contribution is 0.102. The van der Waals surface area contributed by atoms with Crippen molar-refractivity contribution < 1.29 is 4.79 Å². The van der Waals surface area contributed by atoms with Crippen molar-refractivity contribution >= 4 is 40.7 Å². The van der Waals surface area contributed by atoms with Crippen LogP contribution in [0.4, 0.5) is 11.6 Å². The van der Waals surface area contributed by atoms with Crippen molar-refractivity contribution in [2.75, 3.05) is 17.2 Å². The molecule has 7 heteroatoms. The number of rotatable bonds is 6. The molecular formula is C19H16Cl2N4O. The summed E-state index contributed by atoms with van der Waals surface area (Å²) < 4.78 is 0. The van der Waals surface area contributed by atoms with E-state index < -0.39 is 0 Å². The Labute approximate surface area is 161 Å². The van der Waals surface area contributed by atoms with Crippen LogP contribution in [0.15, 0.2) is 60.8 Å². The minimum Gasteiger partial charge on any atom is -0.354 e. The van der Waals surface area contributed by atoms with Crippen LogP contribution < -0.4 is 10.6 Å². The van der Waals surface area contributed by atoms with E-state index in [0.29, 0.717) is 28.2 Å². The highest BCUT2D eigenvalue weighted by molar-refractivity contribution is 6.42. The number of hydrogen-bond donors (Lipinski definition) is 2. The van der Waals surface area contributed by atoms with E-state index in [4.69, 9.17) is 23.2 Å². The van der Waals surface area contributed by atoms with Crippen molar-refractivity contribution in [2.24, 2.45) is 0 Å². The normalized spacial score (nSPS) is 10.4. The van der Waals surface area contributed by atoms with Gasteiger partial charge in [-0.2, -0.15) is 0 Å². The van der Waals surface area contributed by atoms with Crippen LogP contribution in [0.1, 0.15) is 16.1 Å². The van der Waals surface area contributed by atoms with Gasteiger partial charge in [0, 0.05) is 18.4 Å². The Morgan fingerprint density at radius 1 is 1.00 bits per heavy atom. The summed E-state index contributed by atoms with van der Waals surface area (Å²) in [5.41, 5.74) is 2.02. The summed E-state index contributed by atoms with van der Waals surface area (Å²) in [6, 6.07) is 16.5. The quantitative estimate of drug-likeness (QED) is 0.644. The predicted molar refractivity (Wildman–Crippen MR) is 105 cm³/mol. The van der Waals surface area contributed by atoms with E-state index >= 15 is 0 Å². The molecular weight excluding hydrogens is 371 g/mol. The summed E-state index contributed by atoms with van der Waals surface area (Å²) in [6.45, 7) is 0.669. The molecule has 1 aromatic heterocycles. The summed E-state index contributed by atoms with van der Waals surface area (Å²) >= 11 is 11.8. The van der Waals surface area contributed by atoms with Crippen molar-refractivity contribution in [3.05, 3.63) is 82.1 Å². The number of amides is 1. The van der Waals surface area contributed by atoms with Crippen molar-refractivity contribution in [2.45, 2.75) is 6.42 Å². The van der Waals surface area contributed by atoms with Crippen LogP contribution in [0.25, 0.3) is 0 Å². The number of nitrogens with zero attached hydrogens (tertiary/aromatic N) is 2. The first-order chi connectivity index (χ1) is 12.6. The van der Waals surface area contributed by atoms with Crippen LogP contribution in [-0.4, -0.2) is 22.4 Å². The van der Waals surface area contributed by atoms with Gasteiger partial charge in [0.1, 0.15) is 5.69 Å². The molecule has 2 N–H and O–H groups in total. The molecule has 0 radical (unpaired) electrons. The second-order valence-corrected chi connectivity index (χ2v) is 6.33. The summed E-state index contributed by atoms with van der Waals surface area (Å²) in [7, 11) is 0. The summed E-state index contributed by atoms with van der Waals surface area (Å²) in [5, 5.41) is 6.66. The van der Waals surface area contributed by atoms with E-state index in [9.17, 15) is 4.79 Å². The number of aromatic nitrogens is 2. The number of anilines is 2. The van der Waals surface area contributed by atoms with E-state index in [1.807, 2.05) is 18.2 Å². The predicted octanol–water partition coefficient (Wildman–Crippen LogP) is 4.69. The molecule has 0 saturated carbocycles. The lowest BCUT2D eigenvalue weighted by Gasteiger charge is -2.08. The van der Waals surface area contributed by atoms with Crippen LogP contribution in [-0.2, 0) is 6.42 Å². The number of benzene rings is 2. The summed E-state index contributed by atoms with van der Waals surface area (Å²) in [4.78, 5) is 20.7. The van der Waals surface area contributed by atoms with E-state index in [2.05, 4.69) is 32.7 Å². The Bertz CT molecular complexity index is 903. The SMILES string of the molecule is O=C(Nc1ccc(Cl)c(Cl)c1)c1ccnc(NCCc2ccccc2)n1. The molecule has 0 aliphatic heterocycles. The molecule has 1 heterocycles. The fourth-order valence-electron chi connectivity index (χ4n) is 2.30. The van der Waals surface area contributed by atoms with Crippen LogP contribution in [0, 0.1) is 0 Å². The fourth-order valence-corrected chi connectivity index (χ4v) is 2.60. The highest BCUT2D eigenvalue weighted by Gasteiger charge is 2.10. The largest absolute Gasteiger partial charge is 0.354 e. The van der Waals surface area contributed by atoms with Crippen molar-refractivity contribution in [1.82, 2.24) is 9.97 Å². The topological polar surface area (TPSA) is 66.9 Å². The minimum absolute atomic E-state index is 0.258. The molecule has 1 amide bonds. The molecule has 0 bridgehead atoms. The maximum atomic E-state index is 12.4. The first-order valence-electron chi connectivity index (χ1n) is 7.99. The van der Waals surface area contributed by atoms with Gasteiger partial charge in [0.25, 0.3) is 5.91 Å². The van der Waals surface area contributed by atoms with Crippen LogP contribution in [0.5, 0.6) is 0 Å². The molecule has 2 aromatic carbocycles. The van der Waals surface area contributed by atoms with Gasteiger partial charge >= 0.3 is 0 Å². The molecule has 132 valence electrons. The molecule has 0 atom stereocenters. The summed E-state index contributed by atoms with van der Waals surface area (Å²) in [5.74, 6) is 0.0552. The lowest BCUT2D eigenvalue weighted by Crippen LogP contribution is -2.16. The number of halogens is 2. The maximum Gasteiger partial charge on any atom is 0.274 e. The number of hydrogen-bond acceptors (Lipinski definition) is 4. The van der Waals surface area contributed by atoms with Gasteiger partial charge in [-0.1, -0.05) is 53.5 Å². The second-order valence-electron chi connectivity index (χ2n) is 5.51. The van der Waals surface area contributed by atoms with Crippen LogP contribution >= 0.6 is 23.2 Å². The van der Waals surface area contributed by atoms with Crippen LogP contribution in [0.3, 0.4) is 0 Å². The lowest BCUT2D eigenvalue weighted by atomic mass is 10.1. The summed E-state index contributed by atoms with van der Waals surface area (Å²) in [6.07, 6.45) is 2.38. The zero-order chi connectivity index (χ0) is 18.4. The Balaban J connectivity index is 1.60. The first kappa shape index (κ1) is 18.2. The molecule has 3 rings (SSSR count). The van der Waals surface area contributed by atoms with E-state index in [1.165, 1.54) is 5.56 Å².